The number of halogens is 1. The molecule has 3 aliphatic rings. The zero-order valence-electron chi connectivity index (χ0n) is 17.1. The average Bonchev–Trinajstić information content (AvgIpc) is 2.76. The first-order valence-electron chi connectivity index (χ1n) is 10.9. The van der Waals surface area contributed by atoms with Crippen molar-refractivity contribution in [1.29, 1.82) is 0 Å². The van der Waals surface area contributed by atoms with Crippen LogP contribution in [0.3, 0.4) is 0 Å². The molecule has 7 heteroatoms. The van der Waals surface area contributed by atoms with Crippen molar-refractivity contribution >= 4 is 17.5 Å². The molecule has 0 spiro atoms. The van der Waals surface area contributed by atoms with E-state index >= 15 is 0 Å². The van der Waals surface area contributed by atoms with E-state index in [1.807, 2.05) is 17.0 Å². The number of amides is 2. The Kier molecular flexibility index (Phi) is 6.33. The van der Waals surface area contributed by atoms with Crippen molar-refractivity contribution < 1.29 is 14.0 Å². The van der Waals surface area contributed by atoms with E-state index in [2.05, 4.69) is 9.80 Å². The zero-order valence-corrected chi connectivity index (χ0v) is 17.1. The molecular weight excluding hydrogens is 371 g/mol. The molecule has 0 aliphatic carbocycles. The molecule has 4 rings (SSSR count). The number of carbonyl (C=O) groups excluding carboxylic acids is 2. The highest BCUT2D eigenvalue weighted by Gasteiger charge is 2.31. The first-order valence-corrected chi connectivity index (χ1v) is 10.9. The monoisotopic (exact) mass is 402 g/mol. The molecule has 0 aromatic heterocycles. The van der Waals surface area contributed by atoms with Crippen LogP contribution in [-0.4, -0.2) is 84.9 Å². The smallest absolute Gasteiger partial charge is 0.242 e. The lowest BCUT2D eigenvalue weighted by Gasteiger charge is -2.44. The van der Waals surface area contributed by atoms with Gasteiger partial charge in [0.25, 0.3) is 0 Å². The standard InChI is InChI=1S/C22H31FN4O2/c23-19-7-1-2-8-20(19)25-14-12-24(13-15-25)18-6-5-11-26(16-18)22(29)17-27-10-4-3-9-21(27)28/h1-2,7-8,18H,3-6,9-17H2/t18-/m0/s1. The maximum Gasteiger partial charge on any atom is 0.242 e. The van der Waals surface area contributed by atoms with Crippen molar-refractivity contribution in [2.45, 2.75) is 38.1 Å². The minimum absolute atomic E-state index is 0.0787. The van der Waals surface area contributed by atoms with Crippen LogP contribution in [-0.2, 0) is 9.59 Å². The SMILES string of the molecule is O=C1CCCCN1CC(=O)N1CCC[C@H](N2CCN(c3ccccc3F)CC2)C1. The van der Waals surface area contributed by atoms with Gasteiger partial charge in [-0.1, -0.05) is 12.1 Å². The van der Waals surface area contributed by atoms with Crippen LogP contribution in [0.5, 0.6) is 0 Å². The van der Waals surface area contributed by atoms with Crippen LogP contribution in [0.15, 0.2) is 24.3 Å². The fourth-order valence-electron chi connectivity index (χ4n) is 4.81. The Balaban J connectivity index is 1.29. The summed E-state index contributed by atoms with van der Waals surface area (Å²) in [6.45, 7) is 5.82. The maximum atomic E-state index is 14.1. The van der Waals surface area contributed by atoms with Crippen molar-refractivity contribution in [2.24, 2.45) is 0 Å². The summed E-state index contributed by atoms with van der Waals surface area (Å²) in [5.41, 5.74) is 0.679. The lowest BCUT2D eigenvalue weighted by molar-refractivity contribution is -0.143. The van der Waals surface area contributed by atoms with Gasteiger partial charge in [0.15, 0.2) is 0 Å². The van der Waals surface area contributed by atoms with E-state index in [-0.39, 0.29) is 24.2 Å². The predicted octanol–water partition coefficient (Wildman–Crippen LogP) is 1.95. The number of rotatable bonds is 4. The molecule has 0 bridgehead atoms. The Bertz CT molecular complexity index is 735. The number of piperazine rings is 1. The second-order valence-electron chi connectivity index (χ2n) is 8.38. The zero-order chi connectivity index (χ0) is 20.2. The van der Waals surface area contributed by atoms with E-state index in [1.54, 1.807) is 11.0 Å². The molecule has 1 atom stereocenters. The molecule has 0 unspecified atom stereocenters. The normalized spacial score (nSPS) is 24.1. The van der Waals surface area contributed by atoms with E-state index in [0.717, 1.165) is 65.0 Å². The maximum absolute atomic E-state index is 14.1. The minimum Gasteiger partial charge on any atom is -0.367 e. The van der Waals surface area contributed by atoms with Crippen molar-refractivity contribution in [3.8, 4) is 0 Å². The molecule has 2 amide bonds. The van der Waals surface area contributed by atoms with Gasteiger partial charge < -0.3 is 14.7 Å². The molecule has 3 heterocycles. The third kappa shape index (κ3) is 4.71. The molecule has 29 heavy (non-hydrogen) atoms. The fourth-order valence-corrected chi connectivity index (χ4v) is 4.81. The lowest BCUT2D eigenvalue weighted by Crippen LogP contribution is -2.57. The van der Waals surface area contributed by atoms with E-state index in [1.165, 1.54) is 6.07 Å². The van der Waals surface area contributed by atoms with Gasteiger partial charge >= 0.3 is 0 Å². The van der Waals surface area contributed by atoms with E-state index in [0.29, 0.717) is 24.7 Å². The van der Waals surface area contributed by atoms with Crippen molar-refractivity contribution in [1.82, 2.24) is 14.7 Å². The third-order valence-electron chi connectivity index (χ3n) is 6.52. The fraction of sp³-hybridized carbons (Fsp3) is 0.636. The van der Waals surface area contributed by atoms with Gasteiger partial charge in [0, 0.05) is 58.3 Å². The molecule has 1 aromatic carbocycles. The van der Waals surface area contributed by atoms with Gasteiger partial charge in [0.05, 0.1) is 12.2 Å². The molecular formula is C22H31FN4O2. The molecule has 1 aromatic rings. The van der Waals surface area contributed by atoms with Gasteiger partial charge in [-0.25, -0.2) is 4.39 Å². The second kappa shape index (κ2) is 9.11. The number of nitrogens with zero attached hydrogens (tertiary/aromatic N) is 4. The first-order chi connectivity index (χ1) is 14.1. The number of likely N-dealkylation sites (tertiary alicyclic amines) is 2. The lowest BCUT2D eigenvalue weighted by atomic mass is 10.0. The number of benzene rings is 1. The topological polar surface area (TPSA) is 47.1 Å². The number of anilines is 1. The van der Waals surface area contributed by atoms with Gasteiger partial charge in [-0.3, -0.25) is 14.5 Å². The first kappa shape index (κ1) is 20.1. The van der Waals surface area contributed by atoms with Crippen LogP contribution in [0.4, 0.5) is 10.1 Å². The summed E-state index contributed by atoms with van der Waals surface area (Å²) < 4.78 is 14.1. The Morgan fingerprint density at radius 1 is 1.00 bits per heavy atom. The Hall–Kier alpha value is -2.15. The minimum atomic E-state index is -0.164. The average molecular weight is 403 g/mol. The summed E-state index contributed by atoms with van der Waals surface area (Å²) in [5, 5.41) is 0. The molecule has 3 aliphatic heterocycles. The summed E-state index contributed by atoms with van der Waals surface area (Å²) in [4.78, 5) is 33.0. The van der Waals surface area contributed by atoms with Crippen LogP contribution in [0.25, 0.3) is 0 Å². The number of hydrogen-bond acceptors (Lipinski definition) is 4. The van der Waals surface area contributed by atoms with E-state index in [9.17, 15) is 14.0 Å². The summed E-state index contributed by atoms with van der Waals surface area (Å²) in [6, 6.07) is 7.31. The highest BCUT2D eigenvalue weighted by molar-refractivity contribution is 5.85. The summed E-state index contributed by atoms with van der Waals surface area (Å²) >= 11 is 0. The van der Waals surface area contributed by atoms with E-state index in [4.69, 9.17) is 0 Å². The highest BCUT2D eigenvalue weighted by atomic mass is 19.1. The molecule has 3 saturated heterocycles. The molecule has 0 saturated carbocycles. The summed E-state index contributed by atoms with van der Waals surface area (Å²) in [7, 11) is 0. The Labute approximate surface area is 172 Å². The quantitative estimate of drug-likeness (QED) is 0.773. The van der Waals surface area contributed by atoms with Gasteiger partial charge in [0.2, 0.25) is 11.8 Å². The van der Waals surface area contributed by atoms with Crippen molar-refractivity contribution in [3.63, 3.8) is 0 Å². The number of piperidine rings is 2. The van der Waals surface area contributed by atoms with Crippen molar-refractivity contribution in [3.05, 3.63) is 30.1 Å². The number of para-hydroxylation sites is 1. The third-order valence-corrected chi connectivity index (χ3v) is 6.52. The molecule has 0 radical (unpaired) electrons. The largest absolute Gasteiger partial charge is 0.367 e. The van der Waals surface area contributed by atoms with Crippen LogP contribution in [0, 0.1) is 5.82 Å². The van der Waals surface area contributed by atoms with Crippen LogP contribution < -0.4 is 4.90 Å². The summed E-state index contributed by atoms with van der Waals surface area (Å²) in [5.74, 6) is 0.0278. The van der Waals surface area contributed by atoms with Gasteiger partial charge in [0.1, 0.15) is 5.82 Å². The molecule has 0 N–H and O–H groups in total. The molecule has 6 nitrogen and oxygen atoms in total. The Morgan fingerprint density at radius 2 is 1.79 bits per heavy atom. The van der Waals surface area contributed by atoms with Crippen LogP contribution >= 0.6 is 0 Å². The van der Waals surface area contributed by atoms with E-state index < -0.39 is 0 Å². The molecule has 3 fully saturated rings. The predicted molar refractivity (Wildman–Crippen MR) is 110 cm³/mol. The van der Waals surface area contributed by atoms with Crippen LogP contribution in [0.1, 0.15) is 32.1 Å². The van der Waals surface area contributed by atoms with Gasteiger partial charge in [-0.05, 0) is 37.8 Å². The van der Waals surface area contributed by atoms with Gasteiger partial charge in [-0.2, -0.15) is 0 Å². The second-order valence-corrected chi connectivity index (χ2v) is 8.38. The van der Waals surface area contributed by atoms with Gasteiger partial charge in [-0.15, -0.1) is 0 Å². The Morgan fingerprint density at radius 3 is 2.55 bits per heavy atom. The highest BCUT2D eigenvalue weighted by Crippen LogP contribution is 2.23. The summed E-state index contributed by atoms with van der Waals surface area (Å²) in [6.07, 6.45) is 4.59. The number of carbonyl (C=O) groups is 2. The van der Waals surface area contributed by atoms with Crippen molar-refractivity contribution in [2.75, 3.05) is 57.3 Å². The number of hydrogen-bond donors (Lipinski definition) is 0. The molecule has 158 valence electrons. The van der Waals surface area contributed by atoms with Crippen LogP contribution in [0.2, 0.25) is 0 Å².